The molecule has 2 aromatic carbocycles. The maximum Gasteiger partial charge on any atom is 0.198 e. The van der Waals surface area contributed by atoms with Crippen LogP contribution in [0.1, 0.15) is 37.4 Å². The summed E-state index contributed by atoms with van der Waals surface area (Å²) in [6.07, 6.45) is 1.31. The van der Waals surface area contributed by atoms with E-state index >= 15 is 0 Å². The maximum atomic E-state index is 12.4. The van der Waals surface area contributed by atoms with Crippen LogP contribution in [0.15, 0.2) is 36.9 Å². The molecule has 98 valence electrons. The number of phenolic OH excluding ortho intramolecular Hbond substituents is 2. The summed E-state index contributed by atoms with van der Waals surface area (Å²) in [5.41, 5.74) is 0.342. The lowest BCUT2D eigenvalue weighted by atomic mass is 9.82. The van der Waals surface area contributed by atoms with Gasteiger partial charge in [-0.15, -0.1) is 0 Å². The molecule has 20 heavy (non-hydrogen) atoms. The molecule has 0 saturated carbocycles. The molecular weight excluding hydrogens is 256 g/mol. The lowest BCUT2D eigenvalue weighted by Gasteiger charge is -2.20. The van der Waals surface area contributed by atoms with Crippen LogP contribution in [0, 0.1) is 0 Å². The first-order valence-corrected chi connectivity index (χ1v) is 5.96. The van der Waals surface area contributed by atoms with Gasteiger partial charge < -0.3 is 10.2 Å². The van der Waals surface area contributed by atoms with E-state index in [1.165, 1.54) is 24.3 Å². The Labute approximate surface area is 114 Å². The topological polar surface area (TPSA) is 74.6 Å². The van der Waals surface area contributed by atoms with E-state index < -0.39 is 11.6 Å². The largest absolute Gasteiger partial charge is 0.507 e. The Bertz CT molecular complexity index is 787. The van der Waals surface area contributed by atoms with Gasteiger partial charge in [-0.25, -0.2) is 0 Å². The van der Waals surface area contributed by atoms with Crippen LogP contribution in [-0.4, -0.2) is 21.8 Å². The number of aromatic hydroxyl groups is 2. The van der Waals surface area contributed by atoms with Gasteiger partial charge in [0.1, 0.15) is 11.5 Å². The lowest BCUT2D eigenvalue weighted by molar-refractivity contribution is 0.0974. The fourth-order valence-electron chi connectivity index (χ4n) is 2.43. The SMILES string of the molecule is C=Cc1cc(O)c2c(c1O)C(=O)c1ccccc1C2=O. The van der Waals surface area contributed by atoms with Crippen molar-refractivity contribution in [2.24, 2.45) is 0 Å². The summed E-state index contributed by atoms with van der Waals surface area (Å²) < 4.78 is 0. The number of fused-ring (bicyclic) bond motifs is 2. The quantitative estimate of drug-likeness (QED) is 0.664. The zero-order chi connectivity index (χ0) is 14.4. The molecule has 4 nitrogen and oxygen atoms in total. The smallest absolute Gasteiger partial charge is 0.198 e. The van der Waals surface area contributed by atoms with Crippen LogP contribution in [0.25, 0.3) is 6.08 Å². The highest BCUT2D eigenvalue weighted by Crippen LogP contribution is 2.40. The van der Waals surface area contributed by atoms with E-state index in [9.17, 15) is 19.8 Å². The monoisotopic (exact) mass is 266 g/mol. The van der Waals surface area contributed by atoms with Crippen molar-refractivity contribution in [1.82, 2.24) is 0 Å². The van der Waals surface area contributed by atoms with Gasteiger partial charge in [-0.2, -0.15) is 0 Å². The summed E-state index contributed by atoms with van der Waals surface area (Å²) in [4.78, 5) is 24.8. The standard InChI is InChI=1S/C16H10O4/c1-2-8-7-11(17)12-13(14(8)18)16(20)10-6-4-3-5-9(10)15(12)19/h2-7,17-18H,1H2. The van der Waals surface area contributed by atoms with Crippen molar-refractivity contribution < 1.29 is 19.8 Å². The minimum absolute atomic E-state index is 0.156. The van der Waals surface area contributed by atoms with Crippen LogP contribution in [0.4, 0.5) is 0 Å². The van der Waals surface area contributed by atoms with E-state index in [0.29, 0.717) is 0 Å². The number of benzene rings is 2. The zero-order valence-corrected chi connectivity index (χ0v) is 10.4. The Morgan fingerprint density at radius 1 is 0.950 bits per heavy atom. The summed E-state index contributed by atoms with van der Waals surface area (Å²) in [5, 5.41) is 20.1. The number of hydrogen-bond donors (Lipinski definition) is 2. The average Bonchev–Trinajstić information content (AvgIpc) is 2.46. The molecule has 2 N–H and O–H groups in total. The highest BCUT2D eigenvalue weighted by molar-refractivity contribution is 6.30. The van der Waals surface area contributed by atoms with E-state index in [0.717, 1.165) is 0 Å². The van der Waals surface area contributed by atoms with Crippen molar-refractivity contribution in [3.05, 3.63) is 64.7 Å². The van der Waals surface area contributed by atoms with Gasteiger partial charge in [0.15, 0.2) is 11.6 Å². The fraction of sp³-hybridized carbons (Fsp3) is 0. The molecule has 1 aliphatic rings. The first-order valence-electron chi connectivity index (χ1n) is 5.96. The van der Waals surface area contributed by atoms with E-state index in [1.54, 1.807) is 12.1 Å². The van der Waals surface area contributed by atoms with Crippen LogP contribution in [0.5, 0.6) is 11.5 Å². The number of phenols is 2. The second kappa shape index (κ2) is 4.06. The van der Waals surface area contributed by atoms with Crippen molar-refractivity contribution in [2.45, 2.75) is 0 Å². The van der Waals surface area contributed by atoms with Gasteiger partial charge in [-0.3, -0.25) is 9.59 Å². The van der Waals surface area contributed by atoms with Crippen molar-refractivity contribution in [1.29, 1.82) is 0 Å². The van der Waals surface area contributed by atoms with Gasteiger partial charge in [-0.1, -0.05) is 36.9 Å². The molecule has 0 unspecified atom stereocenters. The number of carbonyl (C=O) groups is 2. The number of hydrogen-bond acceptors (Lipinski definition) is 4. The molecule has 2 aromatic rings. The fourth-order valence-corrected chi connectivity index (χ4v) is 2.43. The highest BCUT2D eigenvalue weighted by Gasteiger charge is 2.34. The molecule has 0 radical (unpaired) electrons. The second-order valence-corrected chi connectivity index (χ2v) is 4.49. The van der Waals surface area contributed by atoms with Gasteiger partial charge in [-0.05, 0) is 6.07 Å². The Hall–Kier alpha value is -2.88. The van der Waals surface area contributed by atoms with Crippen molar-refractivity contribution >= 4 is 17.6 Å². The predicted molar refractivity (Wildman–Crippen MR) is 73.2 cm³/mol. The molecule has 4 heteroatoms. The third-order valence-electron chi connectivity index (χ3n) is 3.40. The number of rotatable bonds is 1. The summed E-state index contributed by atoms with van der Waals surface area (Å²) in [7, 11) is 0. The maximum absolute atomic E-state index is 12.4. The molecule has 0 amide bonds. The first-order chi connectivity index (χ1) is 9.56. The number of carbonyl (C=O) groups excluding carboxylic acids is 2. The van der Waals surface area contributed by atoms with E-state index in [2.05, 4.69) is 6.58 Å². The second-order valence-electron chi connectivity index (χ2n) is 4.49. The summed E-state index contributed by atoms with van der Waals surface area (Å²) in [6, 6.07) is 7.56. The molecule has 0 heterocycles. The Morgan fingerprint density at radius 3 is 2.05 bits per heavy atom. The molecule has 0 aromatic heterocycles. The van der Waals surface area contributed by atoms with E-state index in [-0.39, 0.29) is 39.3 Å². The van der Waals surface area contributed by atoms with Gasteiger partial charge in [0.05, 0.1) is 11.1 Å². The normalized spacial score (nSPS) is 12.8. The molecule has 0 atom stereocenters. The third-order valence-corrected chi connectivity index (χ3v) is 3.40. The van der Waals surface area contributed by atoms with Crippen LogP contribution >= 0.6 is 0 Å². The van der Waals surface area contributed by atoms with Gasteiger partial charge in [0.25, 0.3) is 0 Å². The Kier molecular flexibility index (Phi) is 2.47. The minimum Gasteiger partial charge on any atom is -0.507 e. The summed E-state index contributed by atoms with van der Waals surface area (Å²) in [6.45, 7) is 3.50. The van der Waals surface area contributed by atoms with Crippen molar-refractivity contribution in [3.8, 4) is 11.5 Å². The van der Waals surface area contributed by atoms with Gasteiger partial charge in [0, 0.05) is 16.7 Å². The molecule has 1 aliphatic carbocycles. The Morgan fingerprint density at radius 2 is 1.50 bits per heavy atom. The Balaban J connectivity index is 2.42. The van der Waals surface area contributed by atoms with E-state index in [4.69, 9.17) is 0 Å². The molecule has 0 fully saturated rings. The van der Waals surface area contributed by atoms with Crippen LogP contribution in [-0.2, 0) is 0 Å². The minimum atomic E-state index is -0.480. The zero-order valence-electron chi connectivity index (χ0n) is 10.4. The van der Waals surface area contributed by atoms with Crippen LogP contribution in [0.2, 0.25) is 0 Å². The predicted octanol–water partition coefficient (Wildman–Crippen LogP) is 2.52. The van der Waals surface area contributed by atoms with Gasteiger partial charge >= 0.3 is 0 Å². The van der Waals surface area contributed by atoms with Crippen molar-refractivity contribution in [3.63, 3.8) is 0 Å². The van der Waals surface area contributed by atoms with Crippen molar-refractivity contribution in [2.75, 3.05) is 0 Å². The first kappa shape index (κ1) is 12.2. The van der Waals surface area contributed by atoms with Crippen LogP contribution in [0.3, 0.4) is 0 Å². The molecule has 0 bridgehead atoms. The van der Waals surface area contributed by atoms with Gasteiger partial charge in [0.2, 0.25) is 0 Å². The van der Waals surface area contributed by atoms with E-state index in [1.807, 2.05) is 0 Å². The highest BCUT2D eigenvalue weighted by atomic mass is 16.3. The summed E-state index contributed by atoms with van der Waals surface area (Å²) >= 11 is 0. The van der Waals surface area contributed by atoms with Crippen LogP contribution < -0.4 is 0 Å². The molecular formula is C16H10O4. The molecule has 3 rings (SSSR count). The molecule has 0 spiro atoms. The molecule has 0 saturated heterocycles. The average molecular weight is 266 g/mol. The number of ketones is 2. The molecule has 0 aliphatic heterocycles. The summed E-state index contributed by atoms with van der Waals surface area (Å²) in [5.74, 6) is -1.62. The lowest BCUT2D eigenvalue weighted by Crippen LogP contribution is -2.21. The third kappa shape index (κ3) is 1.42.